The molecular weight excluding hydrogens is 442 g/mol. The van der Waals surface area contributed by atoms with Crippen LogP contribution in [0.25, 0.3) is 0 Å². The normalized spacial score (nSPS) is 21.7. The van der Waals surface area contributed by atoms with Gasteiger partial charge in [0.15, 0.2) is 18.3 Å². The summed E-state index contributed by atoms with van der Waals surface area (Å²) in [4.78, 5) is 12.8. The fourth-order valence-corrected chi connectivity index (χ4v) is 3.67. The van der Waals surface area contributed by atoms with E-state index in [4.69, 9.17) is 18.9 Å². The molecule has 1 fully saturated rings. The highest BCUT2D eigenvalue weighted by molar-refractivity contribution is 5.77. The zero-order valence-corrected chi connectivity index (χ0v) is 18.5. The van der Waals surface area contributed by atoms with E-state index in [2.05, 4.69) is 0 Å². The van der Waals surface area contributed by atoms with Crippen molar-refractivity contribution in [2.24, 2.45) is 0 Å². The Morgan fingerprint density at radius 1 is 0.706 bits per heavy atom. The van der Waals surface area contributed by atoms with Crippen LogP contribution >= 0.6 is 0 Å². The molecule has 0 amide bonds. The van der Waals surface area contributed by atoms with Crippen LogP contribution in [0.15, 0.2) is 91.0 Å². The van der Waals surface area contributed by atoms with Crippen LogP contribution in [-0.2, 0) is 43.6 Å². The highest BCUT2D eigenvalue weighted by atomic mass is 19.3. The SMILES string of the molecule is O=C1OC(COCc2ccccc2)C(F)(F)C(OCc2ccccc2)C1OCc1ccccc1. The quantitative estimate of drug-likeness (QED) is 0.395. The summed E-state index contributed by atoms with van der Waals surface area (Å²) in [7, 11) is 0. The minimum Gasteiger partial charge on any atom is -0.451 e. The maximum absolute atomic E-state index is 15.5. The van der Waals surface area contributed by atoms with E-state index in [1.165, 1.54) is 0 Å². The Hall–Kier alpha value is -3.13. The largest absolute Gasteiger partial charge is 0.451 e. The number of hydrogen-bond donors (Lipinski definition) is 0. The van der Waals surface area contributed by atoms with E-state index < -0.39 is 36.8 Å². The van der Waals surface area contributed by atoms with Gasteiger partial charge >= 0.3 is 11.9 Å². The van der Waals surface area contributed by atoms with Crippen LogP contribution in [0.2, 0.25) is 0 Å². The zero-order chi connectivity index (χ0) is 23.8. The molecule has 5 nitrogen and oxygen atoms in total. The molecule has 1 saturated heterocycles. The van der Waals surface area contributed by atoms with Gasteiger partial charge in [-0.3, -0.25) is 0 Å². The average molecular weight is 468 g/mol. The molecule has 0 aromatic heterocycles. The Morgan fingerprint density at radius 3 is 1.71 bits per heavy atom. The van der Waals surface area contributed by atoms with Crippen LogP contribution in [0.4, 0.5) is 8.78 Å². The number of hydrogen-bond acceptors (Lipinski definition) is 5. The molecule has 0 N–H and O–H groups in total. The summed E-state index contributed by atoms with van der Waals surface area (Å²) in [6.07, 6.45) is -5.20. The molecule has 1 heterocycles. The molecule has 1 aliphatic heterocycles. The highest BCUT2D eigenvalue weighted by Gasteiger charge is 2.60. The molecule has 1 aliphatic rings. The number of benzene rings is 3. The Balaban J connectivity index is 1.47. The van der Waals surface area contributed by atoms with Gasteiger partial charge in [0.1, 0.15) is 0 Å². The minimum absolute atomic E-state index is 0.0307. The van der Waals surface area contributed by atoms with E-state index in [-0.39, 0.29) is 19.8 Å². The molecule has 0 aliphatic carbocycles. The molecule has 4 rings (SSSR count). The molecule has 3 unspecified atom stereocenters. The molecule has 178 valence electrons. The van der Waals surface area contributed by atoms with Crippen molar-refractivity contribution in [2.45, 2.75) is 44.1 Å². The summed E-state index contributed by atoms with van der Waals surface area (Å²) < 4.78 is 52.9. The van der Waals surface area contributed by atoms with Crippen molar-refractivity contribution >= 4 is 5.97 Å². The fraction of sp³-hybridized carbons (Fsp3) is 0.296. The maximum Gasteiger partial charge on any atom is 0.338 e. The van der Waals surface area contributed by atoms with Crippen LogP contribution in [-0.4, -0.2) is 36.8 Å². The summed E-state index contributed by atoms with van der Waals surface area (Å²) in [6.45, 7) is -0.479. The molecule has 34 heavy (non-hydrogen) atoms. The zero-order valence-electron chi connectivity index (χ0n) is 18.5. The van der Waals surface area contributed by atoms with E-state index in [0.29, 0.717) is 5.56 Å². The van der Waals surface area contributed by atoms with Crippen LogP contribution in [0.5, 0.6) is 0 Å². The maximum atomic E-state index is 15.5. The number of cyclic esters (lactones) is 1. The van der Waals surface area contributed by atoms with Crippen LogP contribution in [0, 0.1) is 0 Å². The molecule has 7 heteroatoms. The van der Waals surface area contributed by atoms with Gasteiger partial charge in [-0.05, 0) is 16.7 Å². The van der Waals surface area contributed by atoms with Crippen LogP contribution in [0.3, 0.4) is 0 Å². The van der Waals surface area contributed by atoms with Crippen LogP contribution < -0.4 is 0 Å². The van der Waals surface area contributed by atoms with Crippen molar-refractivity contribution in [1.29, 1.82) is 0 Å². The Kier molecular flexibility index (Phi) is 8.00. The summed E-state index contributed by atoms with van der Waals surface area (Å²) in [5, 5.41) is 0. The number of ether oxygens (including phenoxy) is 4. The first-order valence-electron chi connectivity index (χ1n) is 11.0. The standard InChI is InChI=1S/C27H26F2O5/c28-27(29)23(19-31-16-20-10-4-1-5-11-20)34-26(30)24(32-17-21-12-6-2-7-13-21)25(27)33-18-22-14-8-3-9-15-22/h1-15,23-25H,16-19H2. The van der Waals surface area contributed by atoms with Gasteiger partial charge in [-0.15, -0.1) is 0 Å². The predicted octanol–water partition coefficient (Wildman–Crippen LogP) is 4.93. The molecule has 3 atom stereocenters. The van der Waals surface area contributed by atoms with E-state index in [9.17, 15) is 4.79 Å². The molecule has 0 spiro atoms. The Morgan fingerprint density at radius 2 is 1.18 bits per heavy atom. The summed E-state index contributed by atoms with van der Waals surface area (Å²) in [6, 6.07) is 27.1. The minimum atomic E-state index is -3.53. The van der Waals surface area contributed by atoms with Gasteiger partial charge in [0.2, 0.25) is 0 Å². The number of esters is 1. The second-order valence-corrected chi connectivity index (χ2v) is 8.04. The Labute approximate surface area is 197 Å². The summed E-state index contributed by atoms with van der Waals surface area (Å²) in [5.41, 5.74) is 2.28. The number of halogens is 2. The average Bonchev–Trinajstić information content (AvgIpc) is 2.86. The predicted molar refractivity (Wildman–Crippen MR) is 121 cm³/mol. The van der Waals surface area contributed by atoms with E-state index >= 15 is 8.78 Å². The monoisotopic (exact) mass is 468 g/mol. The van der Waals surface area contributed by atoms with Crippen molar-refractivity contribution in [2.75, 3.05) is 6.61 Å². The van der Waals surface area contributed by atoms with Gasteiger partial charge in [-0.2, -0.15) is 8.78 Å². The van der Waals surface area contributed by atoms with Gasteiger partial charge in [0.05, 0.1) is 26.4 Å². The first kappa shape index (κ1) is 24.0. The van der Waals surface area contributed by atoms with Crippen molar-refractivity contribution in [1.82, 2.24) is 0 Å². The second kappa shape index (κ2) is 11.3. The number of carbonyl (C=O) groups excluding carboxylic acids is 1. The molecule has 3 aromatic carbocycles. The van der Waals surface area contributed by atoms with Gasteiger partial charge in [-0.1, -0.05) is 91.0 Å². The third-order valence-corrected chi connectivity index (χ3v) is 5.50. The van der Waals surface area contributed by atoms with Gasteiger partial charge in [0, 0.05) is 0 Å². The smallest absolute Gasteiger partial charge is 0.338 e. The lowest BCUT2D eigenvalue weighted by Gasteiger charge is -2.40. The molecular formula is C27H26F2O5. The van der Waals surface area contributed by atoms with Gasteiger partial charge < -0.3 is 18.9 Å². The van der Waals surface area contributed by atoms with Gasteiger partial charge in [0.25, 0.3) is 0 Å². The summed E-state index contributed by atoms with van der Waals surface area (Å²) in [5.74, 6) is -4.42. The lowest BCUT2D eigenvalue weighted by Crippen LogP contribution is -2.62. The first-order chi connectivity index (χ1) is 16.5. The van der Waals surface area contributed by atoms with Crippen molar-refractivity contribution < 1.29 is 32.5 Å². The summed E-state index contributed by atoms with van der Waals surface area (Å²) >= 11 is 0. The second-order valence-electron chi connectivity index (χ2n) is 8.04. The van der Waals surface area contributed by atoms with Crippen molar-refractivity contribution in [3.63, 3.8) is 0 Å². The highest BCUT2D eigenvalue weighted by Crippen LogP contribution is 2.37. The number of rotatable bonds is 10. The van der Waals surface area contributed by atoms with Gasteiger partial charge in [-0.25, -0.2) is 4.79 Å². The lowest BCUT2D eigenvalue weighted by molar-refractivity contribution is -0.279. The topological polar surface area (TPSA) is 54.0 Å². The van der Waals surface area contributed by atoms with E-state index in [1.807, 2.05) is 42.5 Å². The fourth-order valence-electron chi connectivity index (χ4n) is 3.67. The number of alkyl halides is 2. The number of carbonyl (C=O) groups is 1. The van der Waals surface area contributed by atoms with Crippen LogP contribution in [0.1, 0.15) is 16.7 Å². The molecule has 0 saturated carbocycles. The third-order valence-electron chi connectivity index (χ3n) is 5.50. The van der Waals surface area contributed by atoms with Crippen molar-refractivity contribution in [3.05, 3.63) is 108 Å². The third kappa shape index (κ3) is 6.05. The van der Waals surface area contributed by atoms with E-state index in [1.54, 1.807) is 48.5 Å². The lowest BCUT2D eigenvalue weighted by atomic mass is 9.98. The van der Waals surface area contributed by atoms with Crippen molar-refractivity contribution in [3.8, 4) is 0 Å². The molecule has 0 radical (unpaired) electrons. The Bertz CT molecular complexity index is 1030. The van der Waals surface area contributed by atoms with E-state index in [0.717, 1.165) is 11.1 Å². The molecule has 0 bridgehead atoms. The molecule has 3 aromatic rings. The first-order valence-corrected chi connectivity index (χ1v) is 11.0.